The van der Waals surface area contributed by atoms with Gasteiger partial charge in [-0.2, -0.15) is 0 Å². The lowest BCUT2D eigenvalue weighted by atomic mass is 9.70. The highest BCUT2D eigenvalue weighted by molar-refractivity contribution is 5.26. The molecule has 1 fully saturated rings. The van der Waals surface area contributed by atoms with Crippen molar-refractivity contribution in [2.45, 2.75) is 32.7 Å². The highest BCUT2D eigenvalue weighted by Gasteiger charge is 2.30. The minimum absolute atomic E-state index is 0.351. The molecule has 0 spiro atoms. The zero-order chi connectivity index (χ0) is 10.7. The first-order valence-corrected chi connectivity index (χ1v) is 5.67. The summed E-state index contributed by atoms with van der Waals surface area (Å²) in [5, 5.41) is 12.8. The molecule has 0 heterocycles. The smallest absolute Gasteiger partial charge is 0.115 e. The van der Waals surface area contributed by atoms with E-state index in [1.807, 2.05) is 18.2 Å². The average molecular weight is 205 g/mol. The maximum absolute atomic E-state index is 9.30. The second kappa shape index (κ2) is 4.23. The van der Waals surface area contributed by atoms with Crippen LogP contribution in [0.2, 0.25) is 0 Å². The molecule has 0 unspecified atom stereocenters. The Labute approximate surface area is 91.3 Å². The molecule has 1 saturated carbocycles. The van der Waals surface area contributed by atoms with Gasteiger partial charge >= 0.3 is 0 Å². The van der Waals surface area contributed by atoms with Gasteiger partial charge in [0.25, 0.3) is 0 Å². The van der Waals surface area contributed by atoms with E-state index in [0.29, 0.717) is 11.2 Å². The van der Waals surface area contributed by atoms with Gasteiger partial charge in [0.2, 0.25) is 0 Å². The van der Waals surface area contributed by atoms with Crippen LogP contribution in [0.5, 0.6) is 5.75 Å². The summed E-state index contributed by atoms with van der Waals surface area (Å²) < 4.78 is 0. The molecule has 1 aromatic rings. The van der Waals surface area contributed by atoms with Crippen molar-refractivity contribution in [3.8, 4) is 5.75 Å². The molecule has 2 N–H and O–H groups in total. The average Bonchev–Trinajstić information content (AvgIpc) is 2.15. The van der Waals surface area contributed by atoms with Gasteiger partial charge in [-0.15, -0.1) is 0 Å². The van der Waals surface area contributed by atoms with Crippen LogP contribution >= 0.6 is 0 Å². The minimum Gasteiger partial charge on any atom is -0.508 e. The van der Waals surface area contributed by atoms with Crippen molar-refractivity contribution in [1.82, 2.24) is 5.32 Å². The van der Waals surface area contributed by atoms with E-state index in [2.05, 4.69) is 12.2 Å². The summed E-state index contributed by atoms with van der Waals surface area (Å²) in [4.78, 5) is 0. The molecule has 15 heavy (non-hydrogen) atoms. The van der Waals surface area contributed by atoms with E-state index in [0.717, 1.165) is 18.7 Å². The summed E-state index contributed by atoms with van der Waals surface area (Å²) in [5.74, 6) is 0.351. The summed E-state index contributed by atoms with van der Waals surface area (Å²) in [7, 11) is 0. The summed E-state index contributed by atoms with van der Waals surface area (Å²) in [5.41, 5.74) is 1.68. The van der Waals surface area contributed by atoms with Crippen LogP contribution in [0.25, 0.3) is 0 Å². The molecule has 2 rings (SSSR count). The van der Waals surface area contributed by atoms with Gasteiger partial charge in [0.1, 0.15) is 5.75 Å². The molecule has 0 amide bonds. The minimum atomic E-state index is 0.351. The highest BCUT2D eigenvalue weighted by Crippen LogP contribution is 2.39. The van der Waals surface area contributed by atoms with Crippen molar-refractivity contribution in [3.63, 3.8) is 0 Å². The second-order valence-electron chi connectivity index (χ2n) is 4.94. The summed E-state index contributed by atoms with van der Waals surface area (Å²) in [6.07, 6.45) is 4.07. The zero-order valence-electron chi connectivity index (χ0n) is 9.29. The fourth-order valence-electron chi connectivity index (χ4n) is 2.13. The van der Waals surface area contributed by atoms with E-state index in [1.54, 1.807) is 6.07 Å². The Morgan fingerprint density at radius 2 is 2.20 bits per heavy atom. The van der Waals surface area contributed by atoms with E-state index < -0.39 is 0 Å². The molecule has 0 saturated heterocycles. The van der Waals surface area contributed by atoms with Crippen LogP contribution in [0.15, 0.2) is 24.3 Å². The first-order valence-electron chi connectivity index (χ1n) is 5.67. The van der Waals surface area contributed by atoms with Gasteiger partial charge in [0, 0.05) is 13.1 Å². The van der Waals surface area contributed by atoms with E-state index in [4.69, 9.17) is 0 Å². The predicted molar refractivity (Wildman–Crippen MR) is 61.8 cm³/mol. The van der Waals surface area contributed by atoms with Gasteiger partial charge < -0.3 is 10.4 Å². The van der Waals surface area contributed by atoms with Crippen LogP contribution in [0, 0.1) is 5.41 Å². The molecule has 2 heteroatoms. The second-order valence-corrected chi connectivity index (χ2v) is 4.94. The molecule has 1 aliphatic carbocycles. The number of phenolic OH excluding ortho intramolecular Hbond substituents is 1. The van der Waals surface area contributed by atoms with Gasteiger partial charge in [-0.3, -0.25) is 0 Å². The Morgan fingerprint density at radius 1 is 1.40 bits per heavy atom. The normalized spacial score (nSPS) is 18.5. The lowest BCUT2D eigenvalue weighted by Gasteiger charge is -2.38. The third kappa shape index (κ3) is 2.72. The highest BCUT2D eigenvalue weighted by atomic mass is 16.3. The first kappa shape index (κ1) is 10.5. The Kier molecular flexibility index (Phi) is 2.96. The largest absolute Gasteiger partial charge is 0.508 e. The molecule has 0 aliphatic heterocycles. The third-order valence-corrected chi connectivity index (χ3v) is 3.35. The number of benzene rings is 1. The van der Waals surface area contributed by atoms with Gasteiger partial charge in [-0.05, 0) is 36.0 Å². The summed E-state index contributed by atoms with van der Waals surface area (Å²) >= 11 is 0. The fourth-order valence-corrected chi connectivity index (χ4v) is 2.13. The lowest BCUT2D eigenvalue weighted by molar-refractivity contribution is 0.156. The molecule has 0 radical (unpaired) electrons. The van der Waals surface area contributed by atoms with Gasteiger partial charge in [-0.1, -0.05) is 25.5 Å². The number of nitrogens with one attached hydrogen (secondary N) is 1. The fraction of sp³-hybridized carbons (Fsp3) is 0.538. The topological polar surface area (TPSA) is 32.3 Å². The van der Waals surface area contributed by atoms with Crippen LogP contribution in [0.3, 0.4) is 0 Å². The molecule has 0 aromatic heterocycles. The van der Waals surface area contributed by atoms with Crippen LogP contribution in [-0.4, -0.2) is 11.7 Å². The Balaban J connectivity index is 1.78. The SMILES string of the molecule is CC1(CNCc2cccc(O)c2)CCC1. The van der Waals surface area contributed by atoms with E-state index in [9.17, 15) is 5.11 Å². The van der Waals surface area contributed by atoms with Gasteiger partial charge in [0.15, 0.2) is 0 Å². The van der Waals surface area contributed by atoms with Crippen LogP contribution in [0.1, 0.15) is 31.7 Å². The van der Waals surface area contributed by atoms with Crippen LogP contribution in [0.4, 0.5) is 0 Å². The molecule has 0 atom stereocenters. The van der Waals surface area contributed by atoms with Crippen molar-refractivity contribution < 1.29 is 5.11 Å². The number of hydrogen-bond acceptors (Lipinski definition) is 2. The van der Waals surface area contributed by atoms with Crippen LogP contribution < -0.4 is 5.32 Å². The standard InChI is InChI=1S/C13H19NO/c1-13(6-3-7-13)10-14-9-11-4-2-5-12(15)8-11/h2,4-5,8,14-15H,3,6-7,9-10H2,1H3. The number of aromatic hydroxyl groups is 1. The zero-order valence-corrected chi connectivity index (χ0v) is 9.29. The van der Waals surface area contributed by atoms with Crippen molar-refractivity contribution in [2.75, 3.05) is 6.54 Å². The lowest BCUT2D eigenvalue weighted by Crippen LogP contribution is -2.36. The van der Waals surface area contributed by atoms with Crippen molar-refractivity contribution in [1.29, 1.82) is 0 Å². The maximum Gasteiger partial charge on any atom is 0.115 e. The van der Waals surface area contributed by atoms with E-state index in [-0.39, 0.29) is 0 Å². The van der Waals surface area contributed by atoms with Crippen molar-refractivity contribution in [2.24, 2.45) is 5.41 Å². The predicted octanol–water partition coefficient (Wildman–Crippen LogP) is 2.67. The maximum atomic E-state index is 9.30. The molecular formula is C13H19NO. The molecule has 1 aromatic carbocycles. The first-order chi connectivity index (χ1) is 7.18. The van der Waals surface area contributed by atoms with E-state index in [1.165, 1.54) is 19.3 Å². The van der Waals surface area contributed by atoms with E-state index >= 15 is 0 Å². The Bertz CT molecular complexity index is 331. The molecule has 1 aliphatic rings. The van der Waals surface area contributed by atoms with Crippen molar-refractivity contribution >= 4 is 0 Å². The monoisotopic (exact) mass is 205 g/mol. The molecule has 2 nitrogen and oxygen atoms in total. The number of phenols is 1. The molecule has 82 valence electrons. The quantitative estimate of drug-likeness (QED) is 0.792. The van der Waals surface area contributed by atoms with Crippen molar-refractivity contribution in [3.05, 3.63) is 29.8 Å². The summed E-state index contributed by atoms with van der Waals surface area (Å²) in [6.45, 7) is 4.28. The number of hydrogen-bond donors (Lipinski definition) is 2. The van der Waals surface area contributed by atoms with Gasteiger partial charge in [-0.25, -0.2) is 0 Å². The van der Waals surface area contributed by atoms with Crippen LogP contribution in [-0.2, 0) is 6.54 Å². The molecular weight excluding hydrogens is 186 g/mol. The Hall–Kier alpha value is -1.02. The third-order valence-electron chi connectivity index (χ3n) is 3.35. The summed E-state index contributed by atoms with van der Waals surface area (Å²) in [6, 6.07) is 7.44. The molecule has 0 bridgehead atoms. The van der Waals surface area contributed by atoms with Gasteiger partial charge in [0.05, 0.1) is 0 Å². The number of rotatable bonds is 4. The Morgan fingerprint density at radius 3 is 2.80 bits per heavy atom.